The summed E-state index contributed by atoms with van der Waals surface area (Å²) < 4.78 is 5.02. The molecule has 0 atom stereocenters. The normalized spacial score (nSPS) is 10.2. The standard InChI is InChI=1S/C11H14N4OS/c1-8-15-9(6-17-8)3-4-12-10-5-11(16-2)14-7-13-10/h5-7H,3-4H2,1-2H3,(H,12,13,14). The van der Waals surface area contributed by atoms with Crippen LogP contribution in [0.3, 0.4) is 0 Å². The fourth-order valence-corrected chi connectivity index (χ4v) is 2.04. The molecule has 2 aromatic heterocycles. The third-order valence-electron chi connectivity index (χ3n) is 2.20. The van der Waals surface area contributed by atoms with Crippen LogP contribution < -0.4 is 10.1 Å². The largest absolute Gasteiger partial charge is 0.481 e. The lowest BCUT2D eigenvalue weighted by Gasteiger charge is -2.05. The van der Waals surface area contributed by atoms with Gasteiger partial charge in [-0.2, -0.15) is 0 Å². The van der Waals surface area contributed by atoms with Crippen LogP contribution in [0.1, 0.15) is 10.7 Å². The summed E-state index contributed by atoms with van der Waals surface area (Å²) in [5.74, 6) is 1.33. The zero-order chi connectivity index (χ0) is 12.1. The molecule has 0 spiro atoms. The number of hydrogen-bond acceptors (Lipinski definition) is 6. The van der Waals surface area contributed by atoms with Gasteiger partial charge < -0.3 is 10.1 Å². The smallest absolute Gasteiger partial charge is 0.218 e. The van der Waals surface area contributed by atoms with Crippen molar-refractivity contribution in [3.63, 3.8) is 0 Å². The molecule has 5 nitrogen and oxygen atoms in total. The zero-order valence-corrected chi connectivity index (χ0v) is 10.6. The zero-order valence-electron chi connectivity index (χ0n) is 9.80. The molecule has 0 radical (unpaired) electrons. The molecule has 0 unspecified atom stereocenters. The average molecular weight is 250 g/mol. The van der Waals surface area contributed by atoms with Crippen LogP contribution in [0.5, 0.6) is 5.88 Å². The first-order valence-corrected chi connectivity index (χ1v) is 6.17. The van der Waals surface area contributed by atoms with Gasteiger partial charge in [0.05, 0.1) is 17.8 Å². The molecule has 0 amide bonds. The molecule has 17 heavy (non-hydrogen) atoms. The van der Waals surface area contributed by atoms with E-state index in [9.17, 15) is 0 Å². The number of methoxy groups -OCH3 is 1. The van der Waals surface area contributed by atoms with Crippen LogP contribution in [-0.4, -0.2) is 28.6 Å². The minimum absolute atomic E-state index is 0.562. The Bertz CT molecular complexity index is 486. The number of nitrogens with zero attached hydrogens (tertiary/aromatic N) is 3. The van der Waals surface area contributed by atoms with Gasteiger partial charge in [0.2, 0.25) is 5.88 Å². The summed E-state index contributed by atoms with van der Waals surface area (Å²) in [6.07, 6.45) is 2.37. The van der Waals surface area contributed by atoms with Crippen LogP contribution in [0, 0.1) is 6.92 Å². The summed E-state index contributed by atoms with van der Waals surface area (Å²) in [7, 11) is 1.59. The highest BCUT2D eigenvalue weighted by Crippen LogP contribution is 2.11. The van der Waals surface area contributed by atoms with Crippen LogP contribution in [0.15, 0.2) is 17.8 Å². The van der Waals surface area contributed by atoms with E-state index in [1.165, 1.54) is 6.33 Å². The molecule has 0 aromatic carbocycles. The lowest BCUT2D eigenvalue weighted by atomic mass is 10.3. The van der Waals surface area contributed by atoms with Crippen LogP contribution in [0.4, 0.5) is 5.82 Å². The quantitative estimate of drug-likeness (QED) is 0.878. The maximum absolute atomic E-state index is 5.02. The van der Waals surface area contributed by atoms with Gasteiger partial charge in [-0.3, -0.25) is 0 Å². The molecule has 6 heteroatoms. The van der Waals surface area contributed by atoms with Gasteiger partial charge in [-0.25, -0.2) is 15.0 Å². The third kappa shape index (κ3) is 3.39. The first kappa shape index (κ1) is 11.8. The average Bonchev–Trinajstić information content (AvgIpc) is 2.75. The Morgan fingerprint density at radius 3 is 3.00 bits per heavy atom. The molecule has 2 aromatic rings. The van der Waals surface area contributed by atoms with Gasteiger partial charge in [0.1, 0.15) is 12.1 Å². The second-order valence-corrected chi connectivity index (χ2v) is 4.54. The van der Waals surface area contributed by atoms with Crippen molar-refractivity contribution >= 4 is 17.2 Å². The number of rotatable bonds is 5. The molecule has 0 bridgehead atoms. The summed E-state index contributed by atoms with van der Waals surface area (Å²) in [5, 5.41) is 6.39. The molecule has 0 fully saturated rings. The van der Waals surface area contributed by atoms with Crippen molar-refractivity contribution in [2.24, 2.45) is 0 Å². The fraction of sp³-hybridized carbons (Fsp3) is 0.364. The van der Waals surface area contributed by atoms with Crippen molar-refractivity contribution < 1.29 is 4.74 Å². The van der Waals surface area contributed by atoms with Gasteiger partial charge in [-0.15, -0.1) is 11.3 Å². The number of hydrogen-bond donors (Lipinski definition) is 1. The molecule has 1 N–H and O–H groups in total. The summed E-state index contributed by atoms with van der Waals surface area (Å²) in [5.41, 5.74) is 1.11. The molecular weight excluding hydrogens is 236 g/mol. The van der Waals surface area contributed by atoms with Crippen LogP contribution in [-0.2, 0) is 6.42 Å². The highest BCUT2D eigenvalue weighted by atomic mass is 32.1. The summed E-state index contributed by atoms with van der Waals surface area (Å²) >= 11 is 1.67. The van der Waals surface area contributed by atoms with Gasteiger partial charge >= 0.3 is 0 Å². The van der Waals surface area contributed by atoms with E-state index >= 15 is 0 Å². The van der Waals surface area contributed by atoms with E-state index in [0.29, 0.717) is 5.88 Å². The minimum Gasteiger partial charge on any atom is -0.481 e. The van der Waals surface area contributed by atoms with Crippen molar-refractivity contribution in [2.45, 2.75) is 13.3 Å². The van der Waals surface area contributed by atoms with E-state index in [-0.39, 0.29) is 0 Å². The Morgan fingerprint density at radius 2 is 2.29 bits per heavy atom. The van der Waals surface area contributed by atoms with Crippen LogP contribution in [0.25, 0.3) is 0 Å². The van der Waals surface area contributed by atoms with Crippen molar-refractivity contribution in [1.82, 2.24) is 15.0 Å². The highest BCUT2D eigenvalue weighted by molar-refractivity contribution is 7.09. The Balaban J connectivity index is 1.85. The van der Waals surface area contributed by atoms with E-state index in [0.717, 1.165) is 29.5 Å². The summed E-state index contributed by atoms with van der Waals surface area (Å²) in [6, 6.07) is 1.77. The second-order valence-electron chi connectivity index (χ2n) is 3.48. The number of aryl methyl sites for hydroxylation is 1. The molecule has 0 saturated carbocycles. The van der Waals surface area contributed by atoms with E-state index in [4.69, 9.17) is 4.74 Å². The monoisotopic (exact) mass is 250 g/mol. The minimum atomic E-state index is 0.562. The number of ether oxygens (including phenoxy) is 1. The van der Waals surface area contributed by atoms with Gasteiger partial charge in [-0.05, 0) is 6.92 Å². The van der Waals surface area contributed by atoms with Crippen LogP contribution >= 0.6 is 11.3 Å². The molecular formula is C11H14N4OS. The Morgan fingerprint density at radius 1 is 1.41 bits per heavy atom. The molecule has 0 aliphatic carbocycles. The molecule has 2 rings (SSSR count). The van der Waals surface area contributed by atoms with E-state index in [1.54, 1.807) is 24.5 Å². The van der Waals surface area contributed by atoms with Crippen molar-refractivity contribution in [3.05, 3.63) is 28.5 Å². The van der Waals surface area contributed by atoms with Gasteiger partial charge in [0.25, 0.3) is 0 Å². The predicted octanol–water partition coefficient (Wildman–Crippen LogP) is 1.90. The number of anilines is 1. The van der Waals surface area contributed by atoms with E-state index in [2.05, 4.69) is 25.6 Å². The molecule has 0 aliphatic rings. The fourth-order valence-electron chi connectivity index (χ4n) is 1.39. The number of nitrogens with one attached hydrogen (secondary N) is 1. The first-order chi connectivity index (χ1) is 8.28. The maximum Gasteiger partial charge on any atom is 0.218 e. The van der Waals surface area contributed by atoms with Crippen molar-refractivity contribution in [2.75, 3.05) is 19.0 Å². The molecule has 0 aliphatic heterocycles. The van der Waals surface area contributed by atoms with Crippen molar-refractivity contribution in [3.8, 4) is 5.88 Å². The van der Waals surface area contributed by atoms with Crippen molar-refractivity contribution in [1.29, 1.82) is 0 Å². The van der Waals surface area contributed by atoms with Gasteiger partial charge in [0.15, 0.2) is 0 Å². The lowest BCUT2D eigenvalue weighted by Crippen LogP contribution is -2.07. The molecule has 90 valence electrons. The van der Waals surface area contributed by atoms with Gasteiger partial charge in [0, 0.05) is 24.4 Å². The Kier molecular flexibility index (Phi) is 3.87. The SMILES string of the molecule is COc1cc(NCCc2csc(C)n2)ncn1. The highest BCUT2D eigenvalue weighted by Gasteiger charge is 2.00. The summed E-state index contributed by atoms with van der Waals surface area (Å²) in [6.45, 7) is 2.81. The predicted molar refractivity (Wildman–Crippen MR) is 67.6 cm³/mol. The first-order valence-electron chi connectivity index (χ1n) is 5.29. The molecule has 2 heterocycles. The Labute approximate surface area is 104 Å². The van der Waals surface area contributed by atoms with Crippen LogP contribution in [0.2, 0.25) is 0 Å². The number of thiazole rings is 1. The summed E-state index contributed by atoms with van der Waals surface area (Å²) in [4.78, 5) is 12.4. The van der Waals surface area contributed by atoms with Gasteiger partial charge in [-0.1, -0.05) is 0 Å². The van der Waals surface area contributed by atoms with E-state index in [1.807, 2.05) is 6.92 Å². The maximum atomic E-state index is 5.02. The lowest BCUT2D eigenvalue weighted by molar-refractivity contribution is 0.397. The topological polar surface area (TPSA) is 59.9 Å². The number of aromatic nitrogens is 3. The molecule has 0 saturated heterocycles. The second kappa shape index (κ2) is 5.58. The Hall–Kier alpha value is -1.69. The third-order valence-corrected chi connectivity index (χ3v) is 3.03. The van der Waals surface area contributed by atoms with E-state index < -0.39 is 0 Å².